The first kappa shape index (κ1) is 22.0. The van der Waals surface area contributed by atoms with E-state index in [-0.39, 0.29) is 11.9 Å². The van der Waals surface area contributed by atoms with Crippen molar-refractivity contribution in [3.8, 4) is 27.6 Å². The van der Waals surface area contributed by atoms with E-state index in [9.17, 15) is 4.79 Å². The SMILES string of the molecule is O=C(O)COc1cccc2c1CC(SCc1ccccc1)c1sc(-c3ccc(Cl)cc3)nc1-2. The maximum absolute atomic E-state index is 11.1. The average molecular weight is 494 g/mol. The van der Waals surface area contributed by atoms with Gasteiger partial charge in [0.05, 0.1) is 5.69 Å². The predicted octanol–water partition coefficient (Wildman–Crippen LogP) is 7.12. The largest absolute Gasteiger partial charge is 0.482 e. The zero-order valence-electron chi connectivity index (χ0n) is 17.5. The van der Waals surface area contributed by atoms with E-state index in [2.05, 4.69) is 24.3 Å². The lowest BCUT2D eigenvalue weighted by atomic mass is 9.92. The summed E-state index contributed by atoms with van der Waals surface area (Å²) >= 11 is 9.68. The van der Waals surface area contributed by atoms with Crippen LogP contribution in [-0.2, 0) is 17.0 Å². The highest BCUT2D eigenvalue weighted by molar-refractivity contribution is 7.98. The molecule has 33 heavy (non-hydrogen) atoms. The summed E-state index contributed by atoms with van der Waals surface area (Å²) in [5.41, 5.74) is 5.29. The minimum absolute atomic E-state index is 0.195. The minimum Gasteiger partial charge on any atom is -0.482 e. The molecular weight excluding hydrogens is 474 g/mol. The van der Waals surface area contributed by atoms with Crippen molar-refractivity contribution >= 4 is 40.7 Å². The Balaban J connectivity index is 1.54. The van der Waals surface area contributed by atoms with Crippen LogP contribution in [0.2, 0.25) is 5.02 Å². The number of hydrogen-bond acceptors (Lipinski definition) is 5. The zero-order chi connectivity index (χ0) is 22.8. The number of hydrogen-bond donors (Lipinski definition) is 1. The van der Waals surface area contributed by atoms with Crippen LogP contribution in [0.25, 0.3) is 21.8 Å². The van der Waals surface area contributed by atoms with E-state index in [1.807, 2.05) is 60.3 Å². The van der Waals surface area contributed by atoms with E-state index in [1.165, 1.54) is 10.4 Å². The van der Waals surface area contributed by atoms with Gasteiger partial charge in [-0.1, -0.05) is 66.2 Å². The number of carboxylic acids is 1. The highest BCUT2D eigenvalue weighted by atomic mass is 35.5. The van der Waals surface area contributed by atoms with Gasteiger partial charge in [-0.05, 0) is 30.2 Å². The Morgan fingerprint density at radius 3 is 2.64 bits per heavy atom. The fraction of sp³-hybridized carbons (Fsp3) is 0.154. The van der Waals surface area contributed by atoms with Crippen molar-refractivity contribution in [1.29, 1.82) is 0 Å². The Morgan fingerprint density at radius 1 is 1.09 bits per heavy atom. The van der Waals surface area contributed by atoms with Crippen molar-refractivity contribution in [2.75, 3.05) is 6.61 Å². The molecule has 3 aromatic carbocycles. The monoisotopic (exact) mass is 493 g/mol. The molecule has 0 aliphatic heterocycles. The number of thioether (sulfide) groups is 1. The molecule has 1 atom stereocenters. The normalized spacial score (nSPS) is 14.4. The number of thiazole rings is 1. The first-order chi connectivity index (χ1) is 16.1. The molecule has 0 saturated heterocycles. The average Bonchev–Trinajstić information content (AvgIpc) is 3.28. The summed E-state index contributed by atoms with van der Waals surface area (Å²) in [5, 5.41) is 10.9. The van der Waals surface area contributed by atoms with E-state index < -0.39 is 5.97 Å². The third-order valence-electron chi connectivity index (χ3n) is 5.46. The van der Waals surface area contributed by atoms with Crippen LogP contribution in [0, 0.1) is 0 Å². The lowest BCUT2D eigenvalue weighted by Crippen LogP contribution is -2.13. The van der Waals surface area contributed by atoms with Crippen LogP contribution in [-0.4, -0.2) is 22.7 Å². The van der Waals surface area contributed by atoms with Crippen LogP contribution in [0.15, 0.2) is 72.8 Å². The predicted molar refractivity (Wildman–Crippen MR) is 135 cm³/mol. The molecule has 5 rings (SSSR count). The van der Waals surface area contributed by atoms with Crippen molar-refractivity contribution in [2.24, 2.45) is 0 Å². The number of carboxylic acid groups (broad SMARTS) is 1. The maximum atomic E-state index is 11.1. The molecule has 1 N–H and O–H groups in total. The second-order valence-corrected chi connectivity index (χ2v) is 10.4. The van der Waals surface area contributed by atoms with Gasteiger partial charge in [0, 0.05) is 37.6 Å². The van der Waals surface area contributed by atoms with E-state index in [4.69, 9.17) is 26.4 Å². The third kappa shape index (κ3) is 4.78. The standard InChI is InChI=1S/C26H20ClNO3S2/c27-18-11-9-17(10-12-18)26-28-24-19-7-4-8-21(31-14-23(29)30)20(19)13-22(25(24)33-26)32-15-16-5-2-1-3-6-16/h1-12,22H,13-15H2,(H,29,30). The van der Waals surface area contributed by atoms with Gasteiger partial charge in [-0.3, -0.25) is 0 Å². The van der Waals surface area contributed by atoms with Gasteiger partial charge in [0.2, 0.25) is 0 Å². The number of aromatic nitrogens is 1. The number of carbonyl (C=O) groups is 1. The molecule has 0 radical (unpaired) electrons. The summed E-state index contributed by atoms with van der Waals surface area (Å²) in [4.78, 5) is 17.4. The van der Waals surface area contributed by atoms with Gasteiger partial charge < -0.3 is 9.84 Å². The second kappa shape index (κ2) is 9.59. The maximum Gasteiger partial charge on any atom is 0.341 e. The molecule has 0 amide bonds. The topological polar surface area (TPSA) is 59.4 Å². The minimum atomic E-state index is -0.988. The molecular formula is C26H20ClNO3S2. The molecule has 166 valence electrons. The molecule has 1 aliphatic rings. The summed E-state index contributed by atoms with van der Waals surface area (Å²) in [7, 11) is 0. The first-order valence-corrected chi connectivity index (χ1v) is 12.7. The Kier molecular flexibility index (Phi) is 6.40. The van der Waals surface area contributed by atoms with E-state index in [1.54, 1.807) is 11.3 Å². The van der Waals surface area contributed by atoms with Crippen molar-refractivity contribution in [1.82, 2.24) is 4.98 Å². The Hall–Kier alpha value is -2.80. The van der Waals surface area contributed by atoms with E-state index in [0.29, 0.717) is 10.8 Å². The van der Waals surface area contributed by atoms with Gasteiger partial charge in [0.15, 0.2) is 6.61 Å². The number of ether oxygens (including phenoxy) is 1. The van der Waals surface area contributed by atoms with Gasteiger partial charge >= 0.3 is 5.97 Å². The Morgan fingerprint density at radius 2 is 1.88 bits per heavy atom. The Labute approximate surface area is 205 Å². The molecule has 0 fully saturated rings. The number of fused-ring (bicyclic) bond motifs is 3. The van der Waals surface area contributed by atoms with Crippen LogP contribution in [0.5, 0.6) is 5.75 Å². The lowest BCUT2D eigenvalue weighted by molar-refractivity contribution is -0.139. The number of nitrogens with zero attached hydrogens (tertiary/aromatic N) is 1. The van der Waals surface area contributed by atoms with Crippen molar-refractivity contribution < 1.29 is 14.6 Å². The van der Waals surface area contributed by atoms with E-state index in [0.717, 1.165) is 39.6 Å². The summed E-state index contributed by atoms with van der Waals surface area (Å²) in [6.45, 7) is -0.363. The van der Waals surface area contributed by atoms with Gasteiger partial charge in [0.25, 0.3) is 0 Å². The molecule has 4 aromatic rings. The summed E-state index contributed by atoms with van der Waals surface area (Å²) in [6.07, 6.45) is 0.762. The lowest BCUT2D eigenvalue weighted by Gasteiger charge is -2.25. The first-order valence-electron chi connectivity index (χ1n) is 10.5. The van der Waals surface area contributed by atoms with Crippen LogP contribution < -0.4 is 4.74 Å². The fourth-order valence-electron chi connectivity index (χ4n) is 3.92. The summed E-state index contributed by atoms with van der Waals surface area (Å²) < 4.78 is 5.65. The van der Waals surface area contributed by atoms with Gasteiger partial charge in [-0.15, -0.1) is 23.1 Å². The van der Waals surface area contributed by atoms with Crippen LogP contribution in [0.4, 0.5) is 0 Å². The van der Waals surface area contributed by atoms with Crippen LogP contribution in [0.3, 0.4) is 0 Å². The van der Waals surface area contributed by atoms with Crippen LogP contribution >= 0.6 is 34.7 Å². The molecule has 1 aromatic heterocycles. The highest BCUT2D eigenvalue weighted by Gasteiger charge is 2.31. The number of halogens is 1. The third-order valence-corrected chi connectivity index (χ3v) is 8.38. The number of rotatable bonds is 7. The number of benzene rings is 3. The Bertz CT molecular complexity index is 1290. The van der Waals surface area contributed by atoms with Gasteiger partial charge in [0.1, 0.15) is 10.8 Å². The van der Waals surface area contributed by atoms with Crippen LogP contribution in [0.1, 0.15) is 21.3 Å². The van der Waals surface area contributed by atoms with Gasteiger partial charge in [-0.25, -0.2) is 9.78 Å². The molecule has 0 saturated carbocycles. The molecule has 1 unspecified atom stereocenters. The summed E-state index contributed by atoms with van der Waals surface area (Å²) in [6, 6.07) is 23.9. The molecule has 0 bridgehead atoms. The fourth-order valence-corrected chi connectivity index (χ4v) is 6.59. The molecule has 1 aliphatic carbocycles. The molecule has 0 spiro atoms. The van der Waals surface area contributed by atoms with Crippen molar-refractivity contribution in [3.05, 3.63) is 93.8 Å². The van der Waals surface area contributed by atoms with Gasteiger partial charge in [-0.2, -0.15) is 0 Å². The van der Waals surface area contributed by atoms with Crippen molar-refractivity contribution in [3.63, 3.8) is 0 Å². The smallest absolute Gasteiger partial charge is 0.341 e. The zero-order valence-corrected chi connectivity index (χ0v) is 19.9. The summed E-state index contributed by atoms with van der Waals surface area (Å²) in [5.74, 6) is 0.511. The molecule has 7 heteroatoms. The number of aliphatic carboxylic acids is 1. The second-order valence-electron chi connectivity index (χ2n) is 7.69. The molecule has 1 heterocycles. The molecule has 4 nitrogen and oxygen atoms in total. The quantitative estimate of drug-likeness (QED) is 0.297. The van der Waals surface area contributed by atoms with Crippen molar-refractivity contribution in [2.45, 2.75) is 17.4 Å². The van der Waals surface area contributed by atoms with E-state index >= 15 is 0 Å². The highest BCUT2D eigenvalue weighted by Crippen LogP contribution is 2.51.